The molecule has 0 unspecified atom stereocenters. The minimum Gasteiger partial charge on any atom is -0.497 e. The van der Waals surface area contributed by atoms with Crippen molar-refractivity contribution < 1.29 is 23.6 Å². The topological polar surface area (TPSA) is 25.0 Å². The number of rotatable bonds is 6. The molecular formula is C16H20ILiNO-. The van der Waals surface area contributed by atoms with Gasteiger partial charge in [-0.3, -0.25) is 0 Å². The Kier molecular flexibility index (Phi) is 7.50. The van der Waals surface area contributed by atoms with Gasteiger partial charge in [-0.05, 0) is 35.9 Å². The van der Waals surface area contributed by atoms with Crippen LogP contribution in [-0.2, 0) is 6.42 Å². The summed E-state index contributed by atoms with van der Waals surface area (Å²) in [6.45, 7) is 8.21. The normalized spacial score (nSPS) is 12.2. The predicted octanol–water partition coefficient (Wildman–Crippen LogP) is 1.69. The Labute approximate surface area is 147 Å². The van der Waals surface area contributed by atoms with Crippen LogP contribution >= 0.6 is 22.6 Å². The number of aromatic amines is 1. The SMILES string of the molecule is [CH2-]CC[C@H]([CH2-])c1[nH]c2ccc(OC)cc2c1CCI.[Li+]. The molecule has 1 N–H and O–H groups in total. The molecule has 0 amide bonds. The number of halogens is 1. The maximum atomic E-state index is 5.33. The van der Waals surface area contributed by atoms with Gasteiger partial charge in [0.2, 0.25) is 0 Å². The second-order valence-electron chi connectivity index (χ2n) is 4.71. The van der Waals surface area contributed by atoms with Gasteiger partial charge in [-0.2, -0.15) is 6.42 Å². The zero-order valence-electron chi connectivity index (χ0n) is 12.3. The Morgan fingerprint density at radius 3 is 2.75 bits per heavy atom. The number of H-pyrrole nitrogens is 1. The number of aromatic nitrogens is 1. The number of aryl methyl sites for hydroxylation is 1. The van der Waals surface area contributed by atoms with E-state index in [1.165, 1.54) is 22.2 Å². The molecule has 2 rings (SSSR count). The van der Waals surface area contributed by atoms with Crippen molar-refractivity contribution in [3.05, 3.63) is 43.3 Å². The second-order valence-corrected chi connectivity index (χ2v) is 5.79. The minimum absolute atomic E-state index is 0. The van der Waals surface area contributed by atoms with Crippen molar-refractivity contribution in [3.8, 4) is 5.75 Å². The number of nitrogens with one attached hydrogen (secondary N) is 1. The van der Waals surface area contributed by atoms with Crippen molar-refractivity contribution in [1.82, 2.24) is 4.98 Å². The van der Waals surface area contributed by atoms with Crippen molar-refractivity contribution in [2.24, 2.45) is 0 Å². The van der Waals surface area contributed by atoms with Crippen molar-refractivity contribution in [1.29, 1.82) is 0 Å². The maximum absolute atomic E-state index is 5.33. The second kappa shape index (κ2) is 8.36. The van der Waals surface area contributed by atoms with E-state index < -0.39 is 0 Å². The van der Waals surface area contributed by atoms with Crippen LogP contribution in [0.5, 0.6) is 5.75 Å². The molecule has 0 radical (unpaired) electrons. The Bertz CT molecular complexity index is 553. The molecule has 0 saturated carbocycles. The molecule has 104 valence electrons. The number of hydrogen-bond acceptors (Lipinski definition) is 1. The third-order valence-corrected chi connectivity index (χ3v) is 3.99. The third kappa shape index (κ3) is 3.75. The number of alkyl halides is 1. The first-order chi connectivity index (χ1) is 9.21. The summed E-state index contributed by atoms with van der Waals surface area (Å²) in [6.07, 6.45) is 2.99. The first-order valence-corrected chi connectivity index (χ1v) is 8.10. The standard InChI is InChI=1S/C16H20INO.Li/c1-4-5-11(2)16-13(8-9-17)14-10-12(19-3)6-7-15(14)18-16;/h6-7,10-11,18H,1-2,4-5,8-9H2,3H3;/q-2;+1/t11-;/m0./s1. The Hall–Kier alpha value is -0.113. The van der Waals surface area contributed by atoms with Crippen LogP contribution in [0.2, 0.25) is 0 Å². The zero-order valence-corrected chi connectivity index (χ0v) is 14.5. The van der Waals surface area contributed by atoms with E-state index in [0.29, 0.717) is 0 Å². The number of methoxy groups -OCH3 is 1. The van der Waals surface area contributed by atoms with E-state index in [0.717, 1.165) is 29.4 Å². The van der Waals surface area contributed by atoms with Crippen molar-refractivity contribution >= 4 is 33.5 Å². The fourth-order valence-electron chi connectivity index (χ4n) is 2.48. The van der Waals surface area contributed by atoms with Gasteiger partial charge in [0, 0.05) is 15.3 Å². The molecule has 0 aliphatic carbocycles. The predicted molar refractivity (Wildman–Crippen MR) is 90.1 cm³/mol. The van der Waals surface area contributed by atoms with Gasteiger partial charge in [0.25, 0.3) is 0 Å². The van der Waals surface area contributed by atoms with Crippen LogP contribution in [0.1, 0.15) is 30.0 Å². The molecule has 0 aliphatic heterocycles. The molecule has 1 atom stereocenters. The number of fused-ring (bicyclic) bond motifs is 1. The summed E-state index contributed by atoms with van der Waals surface area (Å²) in [5.74, 6) is 1.19. The first-order valence-electron chi connectivity index (χ1n) is 6.58. The monoisotopic (exact) mass is 376 g/mol. The molecule has 0 spiro atoms. The number of ether oxygens (including phenoxy) is 1. The summed E-state index contributed by atoms with van der Waals surface area (Å²) < 4.78 is 6.43. The van der Waals surface area contributed by atoms with E-state index in [1.54, 1.807) is 7.11 Å². The fraction of sp³-hybridized carbons (Fsp3) is 0.375. The van der Waals surface area contributed by atoms with Crippen LogP contribution in [0, 0.1) is 13.8 Å². The van der Waals surface area contributed by atoms with Crippen LogP contribution in [0.4, 0.5) is 0 Å². The van der Waals surface area contributed by atoms with Crippen LogP contribution in [0.25, 0.3) is 10.9 Å². The molecule has 0 saturated heterocycles. The molecule has 2 nitrogen and oxygen atoms in total. The van der Waals surface area contributed by atoms with Gasteiger partial charge < -0.3 is 23.6 Å². The van der Waals surface area contributed by atoms with Crippen LogP contribution in [0.15, 0.2) is 18.2 Å². The fourth-order valence-corrected chi connectivity index (χ4v) is 3.02. The molecular weight excluding hydrogens is 356 g/mol. The summed E-state index contributed by atoms with van der Waals surface area (Å²) in [5, 5.41) is 1.27. The first kappa shape index (κ1) is 17.9. The van der Waals surface area contributed by atoms with Gasteiger partial charge in [0.15, 0.2) is 0 Å². The minimum atomic E-state index is 0. The summed E-state index contributed by atoms with van der Waals surface area (Å²) in [7, 11) is 1.71. The van der Waals surface area contributed by atoms with Gasteiger partial charge in [-0.15, -0.1) is 12.3 Å². The largest absolute Gasteiger partial charge is 1.00 e. The van der Waals surface area contributed by atoms with Crippen LogP contribution in [0.3, 0.4) is 0 Å². The van der Waals surface area contributed by atoms with Gasteiger partial charge >= 0.3 is 18.9 Å². The average molecular weight is 376 g/mol. The van der Waals surface area contributed by atoms with Gasteiger partial charge in [-0.25, -0.2) is 0 Å². The molecule has 2 aromatic rings. The van der Waals surface area contributed by atoms with E-state index in [4.69, 9.17) is 4.74 Å². The van der Waals surface area contributed by atoms with Gasteiger partial charge in [0.05, 0.1) is 7.11 Å². The summed E-state index contributed by atoms with van der Waals surface area (Å²) in [4.78, 5) is 3.54. The molecule has 0 aliphatic rings. The molecule has 0 fully saturated rings. The molecule has 0 bridgehead atoms. The van der Waals surface area contributed by atoms with E-state index >= 15 is 0 Å². The van der Waals surface area contributed by atoms with Gasteiger partial charge in [-0.1, -0.05) is 22.6 Å². The van der Waals surface area contributed by atoms with Crippen molar-refractivity contribution in [2.75, 3.05) is 11.5 Å². The Balaban J connectivity index is 0.00000200. The van der Waals surface area contributed by atoms with E-state index in [9.17, 15) is 0 Å². The quantitative estimate of drug-likeness (QED) is 0.353. The van der Waals surface area contributed by atoms with Crippen LogP contribution in [-0.4, -0.2) is 16.5 Å². The van der Waals surface area contributed by atoms with E-state index in [-0.39, 0.29) is 24.8 Å². The maximum Gasteiger partial charge on any atom is 1.00 e. The smallest absolute Gasteiger partial charge is 0.497 e. The summed E-state index contributed by atoms with van der Waals surface area (Å²) >= 11 is 2.42. The zero-order chi connectivity index (χ0) is 13.8. The summed E-state index contributed by atoms with van der Waals surface area (Å²) in [6, 6.07) is 6.20. The van der Waals surface area contributed by atoms with E-state index in [2.05, 4.69) is 53.6 Å². The van der Waals surface area contributed by atoms with E-state index in [1.807, 2.05) is 6.07 Å². The summed E-state index contributed by atoms with van der Waals surface area (Å²) in [5.41, 5.74) is 3.83. The molecule has 1 aromatic heterocycles. The molecule has 1 heterocycles. The number of hydrogen-bond donors (Lipinski definition) is 1. The Morgan fingerprint density at radius 1 is 1.40 bits per heavy atom. The van der Waals surface area contributed by atoms with Crippen LogP contribution < -0.4 is 23.6 Å². The van der Waals surface area contributed by atoms with Crippen molar-refractivity contribution in [2.45, 2.75) is 25.2 Å². The van der Waals surface area contributed by atoms with Crippen molar-refractivity contribution in [3.63, 3.8) is 0 Å². The molecule has 4 heteroatoms. The molecule has 1 aromatic carbocycles. The third-order valence-electron chi connectivity index (χ3n) is 3.45. The average Bonchev–Trinajstić information content (AvgIpc) is 2.78. The molecule has 20 heavy (non-hydrogen) atoms. The Morgan fingerprint density at radius 2 is 2.15 bits per heavy atom. The number of benzene rings is 1. The van der Waals surface area contributed by atoms with Gasteiger partial charge in [0.1, 0.15) is 5.75 Å².